The third kappa shape index (κ3) is 3.14. The molecule has 1 aromatic carbocycles. The molecule has 0 aliphatic rings. The van der Waals surface area contributed by atoms with Crippen LogP contribution in [-0.4, -0.2) is 36.1 Å². The molecule has 0 bridgehead atoms. The van der Waals surface area contributed by atoms with Crippen LogP contribution in [0.1, 0.15) is 21.7 Å². The molecule has 26 heavy (non-hydrogen) atoms. The largest absolute Gasteiger partial charge is 0.507 e. The number of benzene rings is 1. The normalized spacial score (nSPS) is 11.0. The van der Waals surface area contributed by atoms with Crippen molar-refractivity contribution in [1.82, 2.24) is 20.0 Å². The summed E-state index contributed by atoms with van der Waals surface area (Å²) in [5.41, 5.74) is 1.15. The number of halogens is 2. The molecule has 0 aliphatic carbocycles. The van der Waals surface area contributed by atoms with Gasteiger partial charge in [0.2, 0.25) is 0 Å². The van der Waals surface area contributed by atoms with Crippen LogP contribution < -0.4 is 5.32 Å². The second-order valence-electron chi connectivity index (χ2n) is 5.60. The van der Waals surface area contributed by atoms with Crippen molar-refractivity contribution in [3.63, 3.8) is 0 Å². The number of aromatic nitrogens is 4. The summed E-state index contributed by atoms with van der Waals surface area (Å²) >= 11 is 5.88. The zero-order chi connectivity index (χ0) is 19.0. The number of phenolic OH excluding ortho intramolecular Hbond substituents is 1. The predicted molar refractivity (Wildman–Crippen MR) is 92.5 cm³/mol. The maximum absolute atomic E-state index is 14.5. The zero-order valence-corrected chi connectivity index (χ0v) is 14.6. The summed E-state index contributed by atoms with van der Waals surface area (Å²) in [6.45, 7) is 1.36. The SMILES string of the molecule is Cc1n[nH]c(Cl)c1NC(=O)c1cc(F)c(-c2cc(CO)n(C)n2)cc1O. The average molecular weight is 380 g/mol. The first-order valence-electron chi connectivity index (χ1n) is 7.50. The van der Waals surface area contributed by atoms with Gasteiger partial charge in [0, 0.05) is 12.6 Å². The summed E-state index contributed by atoms with van der Waals surface area (Å²) in [5.74, 6) is -1.91. The van der Waals surface area contributed by atoms with Crippen molar-refractivity contribution >= 4 is 23.2 Å². The van der Waals surface area contributed by atoms with Crippen molar-refractivity contribution in [3.05, 3.63) is 46.1 Å². The molecule has 0 saturated heterocycles. The number of hydrogen-bond donors (Lipinski definition) is 4. The first-order valence-corrected chi connectivity index (χ1v) is 7.88. The van der Waals surface area contributed by atoms with Crippen molar-refractivity contribution in [2.24, 2.45) is 7.05 Å². The van der Waals surface area contributed by atoms with Crippen molar-refractivity contribution in [2.45, 2.75) is 13.5 Å². The number of aryl methyl sites for hydroxylation is 2. The number of hydrogen-bond acceptors (Lipinski definition) is 5. The smallest absolute Gasteiger partial charge is 0.259 e. The van der Waals surface area contributed by atoms with E-state index in [1.165, 1.54) is 10.7 Å². The highest BCUT2D eigenvalue weighted by Gasteiger charge is 2.20. The van der Waals surface area contributed by atoms with E-state index in [9.17, 15) is 19.4 Å². The number of amides is 1. The summed E-state index contributed by atoms with van der Waals surface area (Å²) in [6, 6.07) is 3.51. The summed E-state index contributed by atoms with van der Waals surface area (Å²) in [6.07, 6.45) is 0. The van der Waals surface area contributed by atoms with Gasteiger partial charge in [-0.05, 0) is 25.1 Å². The number of carbonyl (C=O) groups excluding carboxylic acids is 1. The minimum absolute atomic E-state index is 0.00636. The molecule has 0 aliphatic heterocycles. The molecule has 2 heterocycles. The summed E-state index contributed by atoms with van der Waals surface area (Å²) in [7, 11) is 1.60. The van der Waals surface area contributed by atoms with Crippen LogP contribution in [0.5, 0.6) is 5.75 Å². The minimum Gasteiger partial charge on any atom is -0.507 e. The highest BCUT2D eigenvalue weighted by molar-refractivity contribution is 6.33. The van der Waals surface area contributed by atoms with Gasteiger partial charge in [-0.2, -0.15) is 10.2 Å². The Morgan fingerprint density at radius 2 is 2.15 bits per heavy atom. The Morgan fingerprint density at radius 1 is 1.42 bits per heavy atom. The number of carbonyl (C=O) groups is 1. The van der Waals surface area contributed by atoms with E-state index in [-0.39, 0.29) is 34.3 Å². The molecule has 8 nitrogen and oxygen atoms in total. The van der Waals surface area contributed by atoms with Gasteiger partial charge >= 0.3 is 0 Å². The molecule has 3 aromatic rings. The third-order valence-electron chi connectivity index (χ3n) is 3.89. The van der Waals surface area contributed by atoms with Gasteiger partial charge in [-0.25, -0.2) is 4.39 Å². The highest BCUT2D eigenvalue weighted by atomic mass is 35.5. The summed E-state index contributed by atoms with van der Waals surface area (Å²) in [5, 5.41) is 32.4. The molecule has 0 unspecified atom stereocenters. The van der Waals surface area contributed by atoms with Gasteiger partial charge < -0.3 is 15.5 Å². The number of aromatic amines is 1. The van der Waals surface area contributed by atoms with E-state index in [1.54, 1.807) is 14.0 Å². The topological polar surface area (TPSA) is 116 Å². The Kier molecular flexibility index (Phi) is 4.66. The van der Waals surface area contributed by atoms with Crippen molar-refractivity contribution < 1.29 is 19.4 Å². The van der Waals surface area contributed by atoms with Crippen LogP contribution in [-0.2, 0) is 13.7 Å². The number of aliphatic hydroxyl groups is 1. The standard InChI is InChI=1S/C16H15ClFN5O3/c1-7-14(15(17)21-20-7)19-16(26)10-4-11(18)9(5-13(10)25)12-3-8(6-24)23(2)22-12/h3-5,24-25H,6H2,1-2H3,(H,19,26)(H,20,21). The van der Waals surface area contributed by atoms with Crippen LogP contribution >= 0.6 is 11.6 Å². The van der Waals surface area contributed by atoms with Crippen LogP contribution in [0.25, 0.3) is 11.3 Å². The van der Waals surface area contributed by atoms with E-state index in [0.717, 1.165) is 12.1 Å². The maximum atomic E-state index is 14.5. The molecule has 0 saturated carbocycles. The lowest BCUT2D eigenvalue weighted by Gasteiger charge is -2.09. The molecular weight excluding hydrogens is 365 g/mol. The Bertz CT molecular complexity index is 979. The number of rotatable bonds is 4. The lowest BCUT2D eigenvalue weighted by atomic mass is 10.1. The first-order chi connectivity index (χ1) is 12.3. The van der Waals surface area contributed by atoms with E-state index in [1.807, 2.05) is 0 Å². The molecular formula is C16H15ClFN5O3. The third-order valence-corrected chi connectivity index (χ3v) is 4.16. The quantitative estimate of drug-likeness (QED) is 0.555. The lowest BCUT2D eigenvalue weighted by Crippen LogP contribution is -2.13. The summed E-state index contributed by atoms with van der Waals surface area (Å²) < 4.78 is 15.9. The highest BCUT2D eigenvalue weighted by Crippen LogP contribution is 2.31. The Balaban J connectivity index is 1.95. The molecule has 0 radical (unpaired) electrons. The van der Waals surface area contributed by atoms with Gasteiger partial charge in [0.1, 0.15) is 22.4 Å². The number of aromatic hydroxyl groups is 1. The second-order valence-corrected chi connectivity index (χ2v) is 5.98. The second kappa shape index (κ2) is 6.77. The molecule has 10 heteroatoms. The molecule has 2 aromatic heterocycles. The Morgan fingerprint density at radius 3 is 2.73 bits per heavy atom. The van der Waals surface area contributed by atoms with Gasteiger partial charge in [-0.15, -0.1) is 0 Å². The molecule has 4 N–H and O–H groups in total. The van der Waals surface area contributed by atoms with E-state index >= 15 is 0 Å². The number of aliphatic hydroxyl groups excluding tert-OH is 1. The maximum Gasteiger partial charge on any atom is 0.259 e. The van der Waals surface area contributed by atoms with E-state index in [4.69, 9.17) is 11.6 Å². The van der Waals surface area contributed by atoms with Crippen molar-refractivity contribution in [1.29, 1.82) is 0 Å². The van der Waals surface area contributed by atoms with E-state index in [0.29, 0.717) is 11.4 Å². The number of H-pyrrole nitrogens is 1. The number of anilines is 1. The number of nitrogens with zero attached hydrogens (tertiary/aromatic N) is 3. The van der Waals surface area contributed by atoms with Crippen molar-refractivity contribution in [3.8, 4) is 17.0 Å². The fourth-order valence-electron chi connectivity index (χ4n) is 2.46. The number of phenols is 1. The molecule has 3 rings (SSSR count). The Hall–Kier alpha value is -2.91. The predicted octanol–water partition coefficient (Wildman–Crippen LogP) is 2.36. The molecule has 0 spiro atoms. The Labute approximate surface area is 152 Å². The fourth-order valence-corrected chi connectivity index (χ4v) is 2.68. The first kappa shape index (κ1) is 17.9. The molecule has 1 amide bonds. The van der Waals surface area contributed by atoms with Crippen LogP contribution in [0, 0.1) is 12.7 Å². The van der Waals surface area contributed by atoms with Crippen LogP contribution in [0.15, 0.2) is 18.2 Å². The van der Waals surface area contributed by atoms with Gasteiger partial charge in [-0.3, -0.25) is 14.6 Å². The molecule has 0 atom stereocenters. The minimum atomic E-state index is -0.745. The van der Waals surface area contributed by atoms with Gasteiger partial charge in [0.15, 0.2) is 0 Å². The van der Waals surface area contributed by atoms with Crippen LogP contribution in [0.4, 0.5) is 10.1 Å². The lowest BCUT2D eigenvalue weighted by molar-refractivity contribution is 0.102. The summed E-state index contributed by atoms with van der Waals surface area (Å²) in [4.78, 5) is 12.4. The van der Waals surface area contributed by atoms with Crippen LogP contribution in [0.2, 0.25) is 5.15 Å². The van der Waals surface area contributed by atoms with Crippen LogP contribution in [0.3, 0.4) is 0 Å². The van der Waals surface area contributed by atoms with E-state index in [2.05, 4.69) is 20.6 Å². The number of nitrogens with one attached hydrogen (secondary N) is 2. The molecule has 0 fully saturated rings. The van der Waals surface area contributed by atoms with E-state index < -0.39 is 17.5 Å². The average Bonchev–Trinajstić information content (AvgIpc) is 3.13. The van der Waals surface area contributed by atoms with Gasteiger partial charge in [0.25, 0.3) is 5.91 Å². The zero-order valence-electron chi connectivity index (χ0n) is 13.8. The van der Waals surface area contributed by atoms with Gasteiger partial charge in [-0.1, -0.05) is 11.6 Å². The van der Waals surface area contributed by atoms with Crippen molar-refractivity contribution in [2.75, 3.05) is 5.32 Å². The molecule has 136 valence electrons. The van der Waals surface area contributed by atoms with Gasteiger partial charge in [0.05, 0.1) is 29.3 Å². The monoisotopic (exact) mass is 379 g/mol. The fraction of sp³-hybridized carbons (Fsp3) is 0.188.